The summed E-state index contributed by atoms with van der Waals surface area (Å²) in [6.07, 6.45) is 0. The van der Waals surface area contributed by atoms with E-state index in [2.05, 4.69) is 188 Å². The second-order valence-electron chi connectivity index (χ2n) is 14.7. The molecule has 0 amide bonds. The summed E-state index contributed by atoms with van der Waals surface area (Å²) >= 11 is -1.65. The van der Waals surface area contributed by atoms with Gasteiger partial charge >= 0.3 is 53.5 Å². The van der Waals surface area contributed by atoms with Gasteiger partial charge in [0.15, 0.2) is 0 Å². The van der Waals surface area contributed by atoms with E-state index in [0.29, 0.717) is 11.8 Å². The van der Waals surface area contributed by atoms with Crippen molar-refractivity contribution in [2.45, 2.75) is 66.5 Å². The third-order valence-corrected chi connectivity index (χ3v) is 29.8. The number of aryl methyl sites for hydroxylation is 2. The average Bonchev–Trinajstić information content (AvgIpc) is 3.78. The Hall–Kier alpha value is -3.26. The molecular weight excluding hydrogens is 767 g/mol. The Morgan fingerprint density at radius 1 is 0.500 bits per heavy atom. The first-order valence-corrected chi connectivity index (χ1v) is 30.8. The van der Waals surface area contributed by atoms with E-state index in [0.717, 1.165) is 0 Å². The number of hydrogen-bond donors (Lipinski definition) is 0. The molecule has 0 spiro atoms. The summed E-state index contributed by atoms with van der Waals surface area (Å²) in [5, 5.41) is 10.8. The number of benzene rings is 6. The van der Waals surface area contributed by atoms with Crippen LogP contribution in [-0.4, -0.2) is 5.43 Å². The Morgan fingerprint density at radius 3 is 1.17 bits per heavy atom. The molecule has 0 aliphatic carbocycles. The predicted molar refractivity (Wildman–Crippen MR) is 232 cm³/mol. The minimum Gasteiger partial charge on any atom is -0.164 e. The fourth-order valence-corrected chi connectivity index (χ4v) is 7.16. The fraction of sp³-hybridized carbons (Fsp3) is 0.208. The van der Waals surface area contributed by atoms with Gasteiger partial charge in [-0.25, -0.2) is 0 Å². The molecule has 0 aliphatic rings. The Kier molecular flexibility index (Phi) is 12.4. The topological polar surface area (TPSA) is 0 Å². The van der Waals surface area contributed by atoms with Crippen molar-refractivity contribution >= 4 is 65.5 Å². The average molecular weight is 815 g/mol. The molecule has 0 nitrogen and oxygen atoms in total. The molecule has 264 valence electrons. The van der Waals surface area contributed by atoms with Crippen molar-refractivity contribution in [3.8, 4) is 22.3 Å². The molecule has 0 N–H and O–H groups in total. The predicted octanol–water partition coefficient (Wildman–Crippen LogP) is 15.8. The van der Waals surface area contributed by atoms with Crippen LogP contribution < -0.4 is 0 Å². The van der Waals surface area contributed by atoms with Crippen LogP contribution in [0.15, 0.2) is 133 Å². The summed E-state index contributed by atoms with van der Waals surface area (Å²) in [5.74, 6) is 1.12. The van der Waals surface area contributed by atoms with Gasteiger partial charge in [0.2, 0.25) is 0 Å². The van der Waals surface area contributed by atoms with Crippen molar-refractivity contribution in [1.82, 2.24) is 0 Å². The summed E-state index contributed by atoms with van der Waals surface area (Å²) in [4.78, 5) is 0. The van der Waals surface area contributed by atoms with Crippen LogP contribution in [0.25, 0.3) is 65.3 Å². The van der Waals surface area contributed by atoms with Crippen LogP contribution in [-0.2, 0) is 18.0 Å². The number of halogens is 2. The number of hydrogen-bond acceptors (Lipinski definition) is 0. The van der Waals surface area contributed by atoms with E-state index in [1.165, 1.54) is 87.6 Å². The monoisotopic (exact) mass is 812 g/mol. The summed E-state index contributed by atoms with van der Waals surface area (Å²) in [5.41, 5.74) is 10.7. The number of fused-ring (bicyclic) bond motifs is 4. The van der Waals surface area contributed by atoms with Gasteiger partial charge in [-0.15, -0.1) is 69.1 Å². The fourth-order valence-electron chi connectivity index (χ4n) is 7.16. The molecule has 0 saturated carbocycles. The van der Waals surface area contributed by atoms with Crippen LogP contribution in [0.2, 0.25) is 13.1 Å². The van der Waals surface area contributed by atoms with E-state index < -0.39 is 18.0 Å². The van der Waals surface area contributed by atoms with Crippen LogP contribution >= 0.6 is 17.0 Å². The Bertz CT molecular complexity index is 2350. The Labute approximate surface area is 325 Å². The molecule has 52 heavy (non-hydrogen) atoms. The summed E-state index contributed by atoms with van der Waals surface area (Å²) in [6.45, 7) is 17.8. The molecule has 4 heteroatoms. The molecular formula is C48H48Cl2SiZr-2. The van der Waals surface area contributed by atoms with Crippen molar-refractivity contribution in [2.75, 3.05) is 0 Å². The van der Waals surface area contributed by atoms with Gasteiger partial charge in [0.05, 0.1) is 0 Å². The van der Waals surface area contributed by atoms with E-state index in [1.54, 1.807) is 0 Å². The van der Waals surface area contributed by atoms with Gasteiger partial charge in [-0.2, -0.15) is 12.1 Å². The van der Waals surface area contributed by atoms with Gasteiger partial charge in [0.1, 0.15) is 0 Å². The maximum Gasteiger partial charge on any atom is -0.00843 e. The minimum absolute atomic E-state index is 0.224. The van der Waals surface area contributed by atoms with Gasteiger partial charge < -0.3 is 0 Å². The van der Waals surface area contributed by atoms with E-state index in [-0.39, 0.29) is 5.43 Å². The molecule has 0 atom stereocenters. The van der Waals surface area contributed by atoms with Crippen LogP contribution in [0.1, 0.15) is 61.8 Å². The summed E-state index contributed by atoms with van der Waals surface area (Å²) in [7, 11) is 11.2. The van der Waals surface area contributed by atoms with E-state index >= 15 is 0 Å². The smallest absolute Gasteiger partial charge is 0.00843 e. The van der Waals surface area contributed by atoms with E-state index in [1.807, 2.05) is 0 Å². The van der Waals surface area contributed by atoms with Crippen molar-refractivity contribution in [3.63, 3.8) is 0 Å². The Balaban J connectivity index is 0.000000155. The first-order chi connectivity index (χ1) is 24.9. The standard InChI is InChI=1S/2C23H21.C2H6Si.2ClH.Zr/c2*1-15(2)19-13-18-10-6-11-20(22(18)14-19)21-12-5-9-17-8-4-7-16(3)23(17)21;1-3-2;;;/h2*4-15H,1-3H3;1-2H3;2*1H;/q2*-1;;;;+2/p-2. The van der Waals surface area contributed by atoms with E-state index in [9.17, 15) is 0 Å². The number of rotatable bonds is 4. The first-order valence-electron chi connectivity index (χ1n) is 18.3. The van der Waals surface area contributed by atoms with Gasteiger partial charge in [-0.05, 0) is 69.5 Å². The summed E-state index contributed by atoms with van der Waals surface area (Å²) in [6, 6.07) is 49.1. The maximum atomic E-state index is 5.62. The SMILES string of the molecule is C[Si](C)=[Zr]([Cl])[Cl].Cc1cccc2cccc(-c3cccc4[cH-]c(C(C)C)cc34)c12.Cc1cccc2cccc(-c3cccc4[cH-]c(C(C)C)cc34)c12. The second-order valence-corrected chi connectivity index (χ2v) is 37.7. The molecule has 8 rings (SSSR count). The second kappa shape index (κ2) is 16.8. The normalized spacial score (nSPS) is 11.2. The molecule has 0 radical (unpaired) electrons. The maximum absolute atomic E-state index is 5.62. The molecule has 0 fully saturated rings. The molecule has 0 saturated heterocycles. The molecule has 0 heterocycles. The van der Waals surface area contributed by atoms with E-state index in [4.69, 9.17) is 17.0 Å². The van der Waals surface area contributed by atoms with Crippen LogP contribution in [0, 0.1) is 13.8 Å². The van der Waals surface area contributed by atoms with Crippen molar-refractivity contribution in [3.05, 3.63) is 156 Å². The zero-order valence-electron chi connectivity index (χ0n) is 31.6. The molecule has 0 aliphatic heterocycles. The molecule has 0 aromatic heterocycles. The van der Waals surface area contributed by atoms with Crippen molar-refractivity contribution < 1.29 is 18.0 Å². The third-order valence-electron chi connectivity index (χ3n) is 10.1. The van der Waals surface area contributed by atoms with Crippen molar-refractivity contribution in [1.29, 1.82) is 0 Å². The minimum atomic E-state index is -1.65. The van der Waals surface area contributed by atoms with Crippen LogP contribution in [0.4, 0.5) is 0 Å². The molecule has 8 aromatic rings. The first kappa shape index (κ1) is 38.5. The van der Waals surface area contributed by atoms with Crippen LogP contribution in [0.5, 0.6) is 0 Å². The van der Waals surface area contributed by atoms with Gasteiger partial charge in [0, 0.05) is 0 Å². The quantitative estimate of drug-likeness (QED) is 0.123. The zero-order chi connectivity index (χ0) is 37.1. The Morgan fingerprint density at radius 2 is 0.827 bits per heavy atom. The van der Waals surface area contributed by atoms with Crippen molar-refractivity contribution in [2.24, 2.45) is 0 Å². The summed E-state index contributed by atoms with van der Waals surface area (Å²) < 4.78 is 0. The molecule has 0 bridgehead atoms. The molecule has 8 aromatic carbocycles. The van der Waals surface area contributed by atoms with Gasteiger partial charge in [-0.3, -0.25) is 0 Å². The van der Waals surface area contributed by atoms with Gasteiger partial charge in [-0.1, -0.05) is 124 Å². The van der Waals surface area contributed by atoms with Crippen LogP contribution in [0.3, 0.4) is 0 Å². The largest absolute Gasteiger partial charge is 0.164 e. The zero-order valence-corrected chi connectivity index (χ0v) is 36.6. The molecule has 0 unspecified atom stereocenters. The third kappa shape index (κ3) is 8.27. The van der Waals surface area contributed by atoms with Gasteiger partial charge in [0.25, 0.3) is 0 Å².